The van der Waals surface area contributed by atoms with Gasteiger partial charge in [-0.3, -0.25) is 0 Å². The van der Waals surface area contributed by atoms with Crippen LogP contribution in [0.1, 0.15) is 155 Å². The van der Waals surface area contributed by atoms with Gasteiger partial charge in [0, 0.05) is 22.8 Å². The predicted molar refractivity (Wildman–Crippen MR) is 196 cm³/mol. The molecule has 0 radical (unpaired) electrons. The third kappa shape index (κ3) is 32.2. The summed E-state index contributed by atoms with van der Waals surface area (Å²) in [6, 6.07) is 0.746. The number of hydrogen-bond acceptors (Lipinski definition) is 6. The number of aliphatic hydroxyl groups is 1. The quantitative estimate of drug-likeness (QED) is 0.0548. The third-order valence-corrected chi connectivity index (χ3v) is 12.8. The molecule has 1 N–H and O–H groups in total. The fourth-order valence-electron chi connectivity index (χ4n) is 5.08. The zero-order valence-corrected chi connectivity index (χ0v) is 30.6. The van der Waals surface area contributed by atoms with Crippen LogP contribution >= 0.6 is 47.0 Å². The smallest absolute Gasteiger partial charge is 0.0431 e. The summed E-state index contributed by atoms with van der Waals surface area (Å²) in [5.74, 6) is 5.44. The van der Waals surface area contributed by atoms with Crippen LogP contribution in [0, 0.1) is 0 Å². The summed E-state index contributed by atoms with van der Waals surface area (Å²) >= 11 is 8.59. The summed E-state index contributed by atoms with van der Waals surface area (Å²) in [5, 5.41) is 11.8. The largest absolute Gasteiger partial charge is 0.396 e. The van der Waals surface area contributed by atoms with Crippen LogP contribution in [0.25, 0.3) is 0 Å². The molecule has 2 nitrogen and oxygen atoms in total. The average Bonchev–Trinajstić information content (AvgIpc) is 2.96. The van der Waals surface area contributed by atoms with E-state index in [9.17, 15) is 5.11 Å². The molecule has 0 atom stereocenters. The van der Waals surface area contributed by atoms with Gasteiger partial charge < -0.3 is 10.0 Å². The Bertz CT molecular complexity index is 426. The van der Waals surface area contributed by atoms with Crippen molar-refractivity contribution in [3.05, 3.63) is 0 Å². The first-order valence-electron chi connectivity index (χ1n) is 17.4. The van der Waals surface area contributed by atoms with Gasteiger partial charge in [-0.05, 0) is 88.0 Å². The molecule has 0 spiro atoms. The lowest BCUT2D eigenvalue weighted by Gasteiger charge is -2.28. The van der Waals surface area contributed by atoms with Crippen molar-refractivity contribution in [3.8, 4) is 0 Å². The van der Waals surface area contributed by atoms with Crippen molar-refractivity contribution in [1.82, 2.24) is 4.90 Å². The average molecular weight is 638 g/mol. The Morgan fingerprint density at radius 3 is 1.25 bits per heavy atom. The molecule has 0 amide bonds. The summed E-state index contributed by atoms with van der Waals surface area (Å²) in [7, 11) is 2.33. The van der Waals surface area contributed by atoms with Crippen LogP contribution in [0.2, 0.25) is 0 Å². The van der Waals surface area contributed by atoms with E-state index in [1.807, 2.05) is 0 Å². The van der Waals surface area contributed by atoms with E-state index < -0.39 is 0 Å². The summed E-state index contributed by atoms with van der Waals surface area (Å²) in [5.41, 5.74) is 0. The Morgan fingerprint density at radius 2 is 0.850 bits per heavy atom. The molecule has 0 aliphatic rings. The molecule has 0 bridgehead atoms. The molecule has 242 valence electrons. The Balaban J connectivity index is 3.77. The van der Waals surface area contributed by atoms with E-state index in [2.05, 4.69) is 72.8 Å². The zero-order valence-electron chi connectivity index (χ0n) is 27.3. The highest BCUT2D eigenvalue weighted by Gasteiger charge is 2.14. The van der Waals surface area contributed by atoms with E-state index in [-0.39, 0.29) is 0 Å². The standard InChI is InChI=1S/C34H71NOS4/c1-4-6-20-28-37-32-39-30-22-14-10-8-12-16-24-34(35(3)26-18-19-27-36)25-17-13-9-11-15-23-31-40-33-38-29-21-7-5-2/h34,36H,4-33H2,1-3H3. The van der Waals surface area contributed by atoms with E-state index in [1.54, 1.807) is 0 Å². The Labute approximate surface area is 270 Å². The van der Waals surface area contributed by atoms with Crippen molar-refractivity contribution in [1.29, 1.82) is 0 Å². The molecular formula is C34H71NOS4. The van der Waals surface area contributed by atoms with Gasteiger partial charge in [-0.25, -0.2) is 0 Å². The maximum Gasteiger partial charge on any atom is 0.0431 e. The van der Waals surface area contributed by atoms with Gasteiger partial charge in [0.05, 0.1) is 0 Å². The van der Waals surface area contributed by atoms with Crippen molar-refractivity contribution < 1.29 is 5.11 Å². The highest BCUT2D eigenvalue weighted by atomic mass is 32.2. The highest BCUT2D eigenvalue weighted by Crippen LogP contribution is 2.21. The van der Waals surface area contributed by atoms with Gasteiger partial charge in [0.25, 0.3) is 0 Å². The molecular weight excluding hydrogens is 567 g/mol. The molecule has 0 aromatic heterocycles. The van der Waals surface area contributed by atoms with Crippen LogP contribution in [0.15, 0.2) is 0 Å². The number of thioether (sulfide) groups is 4. The Hall–Kier alpha value is 1.32. The highest BCUT2D eigenvalue weighted by molar-refractivity contribution is 8.16. The van der Waals surface area contributed by atoms with Gasteiger partial charge >= 0.3 is 0 Å². The minimum Gasteiger partial charge on any atom is -0.396 e. The fourth-order valence-corrected chi connectivity index (χ4v) is 9.55. The van der Waals surface area contributed by atoms with E-state index in [4.69, 9.17) is 0 Å². The molecule has 0 aromatic rings. The van der Waals surface area contributed by atoms with Crippen LogP contribution in [-0.4, -0.2) is 69.4 Å². The summed E-state index contributed by atoms with van der Waals surface area (Å²) in [6.07, 6.45) is 30.1. The summed E-state index contributed by atoms with van der Waals surface area (Å²) < 4.78 is 0. The maximum absolute atomic E-state index is 9.18. The minimum atomic E-state index is 0.338. The predicted octanol–water partition coefficient (Wildman–Crippen LogP) is 11.7. The van der Waals surface area contributed by atoms with Crippen molar-refractivity contribution in [2.24, 2.45) is 0 Å². The second-order valence-electron chi connectivity index (χ2n) is 11.7. The molecule has 0 rings (SSSR count). The fraction of sp³-hybridized carbons (Fsp3) is 1.00. The lowest BCUT2D eigenvalue weighted by atomic mass is 9.99. The first kappa shape index (κ1) is 41.3. The van der Waals surface area contributed by atoms with Crippen LogP contribution in [0.5, 0.6) is 0 Å². The van der Waals surface area contributed by atoms with Gasteiger partial charge in [-0.1, -0.05) is 104 Å². The zero-order chi connectivity index (χ0) is 29.2. The normalized spacial score (nSPS) is 11.8. The number of aliphatic hydroxyl groups excluding tert-OH is 1. The lowest BCUT2D eigenvalue weighted by Crippen LogP contribution is -2.32. The molecule has 0 fully saturated rings. The maximum atomic E-state index is 9.18. The van der Waals surface area contributed by atoms with Gasteiger partial charge in [-0.2, -0.15) is 47.0 Å². The third-order valence-electron chi connectivity index (χ3n) is 7.81. The number of hydrogen-bond donors (Lipinski definition) is 1. The van der Waals surface area contributed by atoms with Gasteiger partial charge in [-0.15, -0.1) is 0 Å². The van der Waals surface area contributed by atoms with Crippen LogP contribution in [0.4, 0.5) is 0 Å². The Morgan fingerprint density at radius 1 is 0.475 bits per heavy atom. The Kier molecular flexibility index (Phi) is 37.7. The van der Waals surface area contributed by atoms with Gasteiger partial charge in [0.1, 0.15) is 0 Å². The van der Waals surface area contributed by atoms with Crippen LogP contribution < -0.4 is 0 Å². The van der Waals surface area contributed by atoms with Crippen molar-refractivity contribution in [2.45, 2.75) is 161 Å². The van der Waals surface area contributed by atoms with Crippen molar-refractivity contribution in [2.75, 3.05) is 53.4 Å². The number of nitrogens with zero attached hydrogens (tertiary/aromatic N) is 1. The first-order valence-corrected chi connectivity index (χ1v) is 22.0. The molecule has 0 saturated heterocycles. The molecule has 0 aliphatic heterocycles. The second-order valence-corrected chi connectivity index (χ2v) is 16.8. The number of unbranched alkanes of at least 4 members (excludes halogenated alkanes) is 15. The van der Waals surface area contributed by atoms with Crippen LogP contribution in [0.3, 0.4) is 0 Å². The van der Waals surface area contributed by atoms with E-state index in [0.717, 1.165) is 25.4 Å². The topological polar surface area (TPSA) is 23.5 Å². The van der Waals surface area contributed by atoms with Gasteiger partial charge in [0.2, 0.25) is 0 Å². The minimum absolute atomic E-state index is 0.338. The SMILES string of the molecule is CCCCCSCSCCCCCCCCC(CCCCCCCCSCSCCCCC)N(C)CCCCO. The van der Waals surface area contributed by atoms with Crippen LogP contribution in [-0.2, 0) is 0 Å². The summed E-state index contributed by atoms with van der Waals surface area (Å²) in [6.45, 7) is 6.06. The summed E-state index contributed by atoms with van der Waals surface area (Å²) in [4.78, 5) is 2.62. The molecule has 0 heterocycles. The molecule has 6 heteroatoms. The molecule has 0 aliphatic carbocycles. The second kappa shape index (κ2) is 36.5. The van der Waals surface area contributed by atoms with E-state index >= 15 is 0 Å². The molecule has 0 aromatic carbocycles. The molecule has 0 saturated carbocycles. The van der Waals surface area contributed by atoms with E-state index in [1.165, 1.54) is 162 Å². The first-order chi connectivity index (χ1) is 19.8. The van der Waals surface area contributed by atoms with Gasteiger partial charge in [0.15, 0.2) is 0 Å². The van der Waals surface area contributed by atoms with E-state index in [0.29, 0.717) is 6.61 Å². The number of rotatable bonds is 35. The van der Waals surface area contributed by atoms with Crippen molar-refractivity contribution >= 4 is 47.0 Å². The lowest BCUT2D eigenvalue weighted by molar-refractivity contribution is 0.197. The molecule has 40 heavy (non-hydrogen) atoms. The van der Waals surface area contributed by atoms with Crippen molar-refractivity contribution in [3.63, 3.8) is 0 Å². The monoisotopic (exact) mass is 637 g/mol. The molecule has 0 unspecified atom stereocenters.